The third kappa shape index (κ3) is 7.27. The molecule has 7 heteroatoms. The molecule has 2 N–H and O–H groups in total. The van der Waals surface area contributed by atoms with E-state index >= 15 is 0 Å². The molecule has 1 aromatic carbocycles. The Morgan fingerprint density at radius 3 is 2.37 bits per heavy atom. The first-order valence-corrected chi connectivity index (χ1v) is 7.07. The molecule has 1 rings (SSSR count). The zero-order valence-electron chi connectivity index (χ0n) is 10.2. The van der Waals surface area contributed by atoms with Gasteiger partial charge in [-0.3, -0.25) is 0 Å². The van der Waals surface area contributed by atoms with Gasteiger partial charge in [-0.2, -0.15) is 13.2 Å². The molecule has 0 amide bonds. The van der Waals surface area contributed by atoms with Gasteiger partial charge in [0, 0.05) is 31.0 Å². The van der Waals surface area contributed by atoms with Crippen molar-refractivity contribution in [2.75, 3.05) is 23.7 Å². The van der Waals surface area contributed by atoms with Crippen LogP contribution in [-0.2, 0) is 0 Å². The first kappa shape index (κ1) is 16.1. The summed E-state index contributed by atoms with van der Waals surface area (Å²) < 4.78 is 36.4. The maximum absolute atomic E-state index is 12.1. The van der Waals surface area contributed by atoms with E-state index in [9.17, 15) is 13.2 Å². The molecule has 0 radical (unpaired) electrons. The van der Waals surface area contributed by atoms with Crippen LogP contribution in [0.3, 0.4) is 0 Å². The van der Waals surface area contributed by atoms with E-state index in [-0.39, 0.29) is 17.5 Å². The highest BCUT2D eigenvalue weighted by atomic mass is 32.2. The van der Waals surface area contributed by atoms with E-state index < -0.39 is 5.51 Å². The molecule has 0 aliphatic rings. The molecular weight excluding hydrogens is 293 g/mol. The van der Waals surface area contributed by atoms with Gasteiger partial charge in [0.05, 0.1) is 4.99 Å². The van der Waals surface area contributed by atoms with E-state index in [0.29, 0.717) is 24.5 Å². The lowest BCUT2D eigenvalue weighted by molar-refractivity contribution is -0.0327. The molecule has 19 heavy (non-hydrogen) atoms. The van der Waals surface area contributed by atoms with E-state index in [0.717, 1.165) is 5.69 Å². The summed E-state index contributed by atoms with van der Waals surface area (Å²) in [7, 11) is 0. The van der Waals surface area contributed by atoms with Crippen molar-refractivity contribution in [3.05, 3.63) is 30.3 Å². The molecule has 0 heterocycles. The molecule has 0 fully saturated rings. The Morgan fingerprint density at radius 2 is 1.84 bits per heavy atom. The number of benzene rings is 1. The van der Waals surface area contributed by atoms with Crippen LogP contribution in [0.15, 0.2) is 30.3 Å². The van der Waals surface area contributed by atoms with Crippen molar-refractivity contribution in [2.45, 2.75) is 11.9 Å². The zero-order valence-corrected chi connectivity index (χ0v) is 11.8. The molecule has 0 aliphatic carbocycles. The summed E-state index contributed by atoms with van der Waals surface area (Å²) in [4.78, 5) is 2.22. The molecule has 2 nitrogen and oxygen atoms in total. The molecule has 1 aromatic rings. The molecule has 0 saturated heterocycles. The van der Waals surface area contributed by atoms with Gasteiger partial charge in [-0.05, 0) is 23.9 Å². The van der Waals surface area contributed by atoms with Crippen LogP contribution < -0.4 is 10.6 Å². The number of para-hydroxylation sites is 1. The fourth-order valence-electron chi connectivity index (χ4n) is 1.53. The predicted octanol–water partition coefficient (Wildman–Crippen LogP) is 3.42. The predicted molar refractivity (Wildman–Crippen MR) is 78.6 cm³/mol. The number of thioether (sulfide) groups is 1. The number of hydrogen-bond donors (Lipinski definition) is 1. The van der Waals surface area contributed by atoms with Crippen LogP contribution in [0.4, 0.5) is 18.9 Å². The van der Waals surface area contributed by atoms with Crippen LogP contribution in [0.1, 0.15) is 6.42 Å². The summed E-state index contributed by atoms with van der Waals surface area (Å²) in [5.41, 5.74) is 2.12. The summed E-state index contributed by atoms with van der Waals surface area (Å²) in [6.07, 6.45) is 0.487. The van der Waals surface area contributed by atoms with E-state index in [1.165, 1.54) is 0 Å². The highest BCUT2D eigenvalue weighted by molar-refractivity contribution is 8.00. The molecule has 0 aliphatic heterocycles. The van der Waals surface area contributed by atoms with Crippen LogP contribution in [0.5, 0.6) is 0 Å². The zero-order chi connectivity index (χ0) is 14.3. The average Bonchev–Trinajstić information content (AvgIpc) is 2.33. The molecule has 106 valence electrons. The van der Waals surface area contributed by atoms with Gasteiger partial charge in [0.25, 0.3) is 0 Å². The molecule has 0 bridgehead atoms. The quantitative estimate of drug-likeness (QED) is 0.782. The summed E-state index contributed by atoms with van der Waals surface area (Å²) in [6, 6.07) is 9.27. The first-order valence-electron chi connectivity index (χ1n) is 5.67. The van der Waals surface area contributed by atoms with Gasteiger partial charge < -0.3 is 10.6 Å². The Morgan fingerprint density at radius 1 is 1.21 bits per heavy atom. The normalized spacial score (nSPS) is 11.3. The number of nitrogens with two attached hydrogens (primary N) is 1. The van der Waals surface area contributed by atoms with E-state index in [1.54, 1.807) is 0 Å². The van der Waals surface area contributed by atoms with Crippen molar-refractivity contribution >= 4 is 34.7 Å². The topological polar surface area (TPSA) is 29.3 Å². The number of thiocarbonyl (C=S) groups is 1. The molecule has 0 unspecified atom stereocenters. The Labute approximate surface area is 120 Å². The maximum atomic E-state index is 12.1. The number of anilines is 1. The van der Waals surface area contributed by atoms with Crippen LogP contribution >= 0.6 is 24.0 Å². The minimum absolute atomic E-state index is 0.0149. The second-order valence-electron chi connectivity index (χ2n) is 3.83. The molecule has 0 saturated carbocycles. The Balaban J connectivity index is 2.57. The van der Waals surface area contributed by atoms with Crippen molar-refractivity contribution in [3.63, 3.8) is 0 Å². The monoisotopic (exact) mass is 308 g/mol. The smallest absolute Gasteiger partial charge is 0.393 e. The van der Waals surface area contributed by atoms with E-state index in [1.807, 2.05) is 35.2 Å². The van der Waals surface area contributed by atoms with Gasteiger partial charge in [0.2, 0.25) is 0 Å². The van der Waals surface area contributed by atoms with Crippen molar-refractivity contribution in [2.24, 2.45) is 5.73 Å². The third-order valence-electron chi connectivity index (χ3n) is 2.38. The van der Waals surface area contributed by atoms with Gasteiger partial charge in [0.1, 0.15) is 0 Å². The minimum atomic E-state index is -4.19. The van der Waals surface area contributed by atoms with Crippen molar-refractivity contribution in [3.8, 4) is 0 Å². The van der Waals surface area contributed by atoms with E-state index in [4.69, 9.17) is 18.0 Å². The second-order valence-corrected chi connectivity index (χ2v) is 5.52. The fraction of sp³-hybridized carbons (Fsp3) is 0.417. The first-order chi connectivity index (χ1) is 8.88. The van der Waals surface area contributed by atoms with Crippen LogP contribution in [0, 0.1) is 0 Å². The average molecular weight is 308 g/mol. The number of nitrogens with zero attached hydrogens (tertiary/aromatic N) is 1. The van der Waals surface area contributed by atoms with Crippen molar-refractivity contribution in [1.82, 2.24) is 0 Å². The van der Waals surface area contributed by atoms with E-state index in [2.05, 4.69) is 0 Å². The van der Waals surface area contributed by atoms with Gasteiger partial charge in [0.15, 0.2) is 0 Å². The maximum Gasteiger partial charge on any atom is 0.441 e. The highest BCUT2D eigenvalue weighted by Gasteiger charge is 2.27. The van der Waals surface area contributed by atoms with Crippen LogP contribution in [-0.4, -0.2) is 29.3 Å². The fourth-order valence-corrected chi connectivity index (χ4v) is 2.16. The number of halogens is 3. The summed E-state index contributed by atoms with van der Waals surface area (Å²) in [5.74, 6) is -0.0181. The Kier molecular flexibility index (Phi) is 6.44. The number of rotatable bonds is 7. The van der Waals surface area contributed by atoms with Gasteiger partial charge in [-0.15, -0.1) is 0 Å². The third-order valence-corrected chi connectivity index (χ3v) is 3.29. The molecule has 0 aromatic heterocycles. The summed E-state index contributed by atoms with van der Waals surface area (Å²) >= 11 is 4.79. The van der Waals surface area contributed by atoms with Crippen LogP contribution in [0.2, 0.25) is 0 Å². The molecule has 0 atom stereocenters. The largest absolute Gasteiger partial charge is 0.441 e. The Hall–Kier alpha value is -0.950. The summed E-state index contributed by atoms with van der Waals surface area (Å²) in [6.45, 7) is 0.828. The standard InChI is InChI=1S/C12H15F3N2S2/c13-12(14,15)19-9-8-17(7-6-11(16)18)10-4-2-1-3-5-10/h1-5H,6-9H2,(H2,16,18). The van der Waals surface area contributed by atoms with Gasteiger partial charge in [-0.1, -0.05) is 30.4 Å². The lowest BCUT2D eigenvalue weighted by Crippen LogP contribution is -2.30. The SMILES string of the molecule is NC(=S)CCN(CCSC(F)(F)F)c1ccccc1. The van der Waals surface area contributed by atoms with Gasteiger partial charge >= 0.3 is 5.51 Å². The minimum Gasteiger partial charge on any atom is -0.393 e. The highest BCUT2D eigenvalue weighted by Crippen LogP contribution is 2.30. The number of alkyl halides is 3. The van der Waals surface area contributed by atoms with Crippen molar-refractivity contribution < 1.29 is 13.2 Å². The lowest BCUT2D eigenvalue weighted by atomic mass is 10.2. The Bertz CT molecular complexity index is 396. The lowest BCUT2D eigenvalue weighted by Gasteiger charge is -2.24. The second kappa shape index (κ2) is 7.59. The number of hydrogen-bond acceptors (Lipinski definition) is 3. The molecule has 0 spiro atoms. The van der Waals surface area contributed by atoms with Crippen molar-refractivity contribution in [1.29, 1.82) is 0 Å². The summed E-state index contributed by atoms with van der Waals surface area (Å²) in [5, 5.41) is 0. The molecular formula is C12H15F3N2S2. The van der Waals surface area contributed by atoms with Gasteiger partial charge in [-0.25, -0.2) is 0 Å². The van der Waals surface area contributed by atoms with Crippen LogP contribution in [0.25, 0.3) is 0 Å².